The van der Waals surface area contributed by atoms with E-state index in [2.05, 4.69) is 10.6 Å². The molecular weight excluding hydrogens is 396 g/mol. The maximum atomic E-state index is 12.4. The van der Waals surface area contributed by atoms with Crippen LogP contribution in [0, 0.1) is 6.92 Å². The summed E-state index contributed by atoms with van der Waals surface area (Å²) in [6, 6.07) is 14.5. The zero-order valence-electron chi connectivity index (χ0n) is 15.4. The average Bonchev–Trinajstić information content (AvgIpc) is 3.25. The third-order valence-corrected chi connectivity index (χ3v) is 4.43. The molecule has 2 aromatic carbocycles. The summed E-state index contributed by atoms with van der Waals surface area (Å²) >= 11 is 6.02. The lowest BCUT2D eigenvalue weighted by Gasteiger charge is -2.11. The minimum Gasteiger partial charge on any atom is -0.459 e. The van der Waals surface area contributed by atoms with E-state index in [1.165, 1.54) is 18.4 Å². The highest BCUT2D eigenvalue weighted by Crippen LogP contribution is 2.23. The predicted molar refractivity (Wildman–Crippen MR) is 108 cm³/mol. The van der Waals surface area contributed by atoms with E-state index < -0.39 is 24.4 Å². The number of rotatable bonds is 6. The van der Waals surface area contributed by atoms with E-state index >= 15 is 0 Å². The first-order valence-corrected chi connectivity index (χ1v) is 8.99. The van der Waals surface area contributed by atoms with Crippen molar-refractivity contribution < 1.29 is 23.5 Å². The molecule has 0 radical (unpaired) electrons. The van der Waals surface area contributed by atoms with E-state index in [0.717, 1.165) is 0 Å². The molecule has 0 saturated heterocycles. The average molecular weight is 413 g/mol. The Morgan fingerprint density at radius 1 is 0.966 bits per heavy atom. The zero-order valence-corrected chi connectivity index (χ0v) is 16.2. The summed E-state index contributed by atoms with van der Waals surface area (Å²) in [6.07, 6.45) is 1.37. The first kappa shape index (κ1) is 20.2. The molecule has 0 saturated carbocycles. The fourth-order valence-corrected chi connectivity index (χ4v) is 2.67. The maximum absolute atomic E-state index is 12.4. The number of halogens is 1. The van der Waals surface area contributed by atoms with Gasteiger partial charge in [0.15, 0.2) is 12.4 Å². The number of carbonyl (C=O) groups is 3. The van der Waals surface area contributed by atoms with Gasteiger partial charge in [0.2, 0.25) is 0 Å². The number of carbonyl (C=O) groups excluding carboxylic acids is 3. The summed E-state index contributed by atoms with van der Waals surface area (Å²) in [5.74, 6) is -1.67. The summed E-state index contributed by atoms with van der Waals surface area (Å²) in [6.45, 7) is 1.27. The van der Waals surface area contributed by atoms with Gasteiger partial charge in [0.25, 0.3) is 11.8 Å². The monoisotopic (exact) mass is 412 g/mol. The summed E-state index contributed by atoms with van der Waals surface area (Å²) in [5, 5.41) is 5.74. The van der Waals surface area contributed by atoms with Gasteiger partial charge in [0, 0.05) is 10.7 Å². The van der Waals surface area contributed by atoms with Crippen molar-refractivity contribution >= 4 is 40.8 Å². The van der Waals surface area contributed by atoms with Crippen molar-refractivity contribution in [3.05, 3.63) is 82.8 Å². The van der Waals surface area contributed by atoms with E-state index in [-0.39, 0.29) is 17.0 Å². The van der Waals surface area contributed by atoms with Gasteiger partial charge in [0.1, 0.15) is 0 Å². The van der Waals surface area contributed by atoms with Crippen LogP contribution in [0.15, 0.2) is 65.3 Å². The van der Waals surface area contributed by atoms with Gasteiger partial charge in [-0.15, -0.1) is 0 Å². The molecule has 0 fully saturated rings. The van der Waals surface area contributed by atoms with Crippen molar-refractivity contribution in [3.63, 3.8) is 0 Å². The Hall–Kier alpha value is -3.58. The quantitative estimate of drug-likeness (QED) is 0.588. The van der Waals surface area contributed by atoms with Gasteiger partial charge < -0.3 is 19.8 Å². The Kier molecular flexibility index (Phi) is 6.31. The Morgan fingerprint density at radius 3 is 2.48 bits per heavy atom. The Bertz CT molecular complexity index is 1050. The Balaban J connectivity index is 1.63. The molecule has 1 aromatic heterocycles. The van der Waals surface area contributed by atoms with E-state index in [1.54, 1.807) is 49.4 Å². The number of ether oxygens (including phenoxy) is 1. The first-order valence-electron chi connectivity index (χ1n) is 8.61. The molecule has 2 amide bonds. The van der Waals surface area contributed by atoms with E-state index in [9.17, 15) is 14.4 Å². The predicted octanol–water partition coefficient (Wildman–Crippen LogP) is 4.29. The van der Waals surface area contributed by atoms with Crippen LogP contribution < -0.4 is 10.6 Å². The van der Waals surface area contributed by atoms with Crippen LogP contribution in [0.4, 0.5) is 11.4 Å². The van der Waals surface area contributed by atoms with Crippen LogP contribution in [0.3, 0.4) is 0 Å². The highest BCUT2D eigenvalue weighted by atomic mass is 35.5. The molecule has 2 N–H and O–H groups in total. The van der Waals surface area contributed by atoms with Crippen LogP contribution in [0.1, 0.15) is 26.5 Å². The number of anilines is 2. The lowest BCUT2D eigenvalue weighted by atomic mass is 10.1. The molecule has 0 atom stereocenters. The van der Waals surface area contributed by atoms with Gasteiger partial charge >= 0.3 is 5.97 Å². The van der Waals surface area contributed by atoms with Crippen LogP contribution in [-0.2, 0) is 9.53 Å². The van der Waals surface area contributed by atoms with Crippen molar-refractivity contribution in [2.24, 2.45) is 0 Å². The second kappa shape index (κ2) is 9.07. The normalized spacial score (nSPS) is 10.3. The van der Waals surface area contributed by atoms with Crippen LogP contribution in [0.2, 0.25) is 5.02 Å². The zero-order chi connectivity index (χ0) is 20.8. The first-order chi connectivity index (χ1) is 14.0. The number of esters is 1. The van der Waals surface area contributed by atoms with Crippen molar-refractivity contribution in [2.75, 3.05) is 17.2 Å². The number of furan rings is 1. The molecule has 0 aliphatic rings. The maximum Gasteiger partial charge on any atom is 0.340 e. The summed E-state index contributed by atoms with van der Waals surface area (Å²) in [7, 11) is 0. The molecular formula is C21H17ClN2O5. The standard InChI is InChI=1S/C21H17ClN2O5/c1-13-15(22)7-4-9-16(13)23-19(25)12-29-21(27)14-6-2-3-8-17(14)24-20(26)18-10-5-11-28-18/h2-11H,12H2,1H3,(H,23,25)(H,24,26). The van der Waals surface area contributed by atoms with Crippen LogP contribution in [-0.4, -0.2) is 24.4 Å². The lowest BCUT2D eigenvalue weighted by Crippen LogP contribution is -2.22. The third-order valence-electron chi connectivity index (χ3n) is 4.02. The van der Waals surface area contributed by atoms with E-state index in [0.29, 0.717) is 16.3 Å². The van der Waals surface area contributed by atoms with Crippen molar-refractivity contribution in [2.45, 2.75) is 6.92 Å². The minimum atomic E-state index is -0.752. The summed E-state index contributed by atoms with van der Waals surface area (Å²) in [4.78, 5) is 36.7. The van der Waals surface area contributed by atoms with Crippen molar-refractivity contribution in [1.82, 2.24) is 0 Å². The fraction of sp³-hybridized carbons (Fsp3) is 0.0952. The van der Waals surface area contributed by atoms with E-state index in [4.69, 9.17) is 20.8 Å². The molecule has 1 heterocycles. The number of nitrogens with one attached hydrogen (secondary N) is 2. The molecule has 3 rings (SSSR count). The highest BCUT2D eigenvalue weighted by molar-refractivity contribution is 6.31. The van der Waals surface area contributed by atoms with Crippen LogP contribution in [0.5, 0.6) is 0 Å². The SMILES string of the molecule is Cc1c(Cl)cccc1NC(=O)COC(=O)c1ccccc1NC(=O)c1ccco1. The fourth-order valence-electron chi connectivity index (χ4n) is 2.50. The molecule has 148 valence electrons. The molecule has 29 heavy (non-hydrogen) atoms. The summed E-state index contributed by atoms with van der Waals surface area (Å²) < 4.78 is 10.1. The van der Waals surface area contributed by atoms with Crippen molar-refractivity contribution in [1.29, 1.82) is 0 Å². The van der Waals surface area contributed by atoms with Gasteiger partial charge in [-0.3, -0.25) is 9.59 Å². The molecule has 0 spiro atoms. The second-order valence-electron chi connectivity index (χ2n) is 6.01. The molecule has 3 aromatic rings. The molecule has 0 bridgehead atoms. The van der Waals surface area contributed by atoms with Gasteiger partial charge in [-0.1, -0.05) is 29.8 Å². The minimum absolute atomic E-state index is 0.101. The largest absolute Gasteiger partial charge is 0.459 e. The van der Waals surface area contributed by atoms with Gasteiger partial charge in [0.05, 0.1) is 17.5 Å². The summed E-state index contributed by atoms with van der Waals surface area (Å²) in [5.41, 5.74) is 1.59. The molecule has 8 heteroatoms. The van der Waals surface area contributed by atoms with Crippen LogP contribution >= 0.6 is 11.6 Å². The van der Waals surface area contributed by atoms with Gasteiger partial charge in [-0.2, -0.15) is 0 Å². The number of hydrogen-bond acceptors (Lipinski definition) is 5. The number of benzene rings is 2. The van der Waals surface area contributed by atoms with Crippen LogP contribution in [0.25, 0.3) is 0 Å². The molecule has 0 aliphatic heterocycles. The van der Waals surface area contributed by atoms with Gasteiger partial charge in [-0.25, -0.2) is 4.79 Å². The Morgan fingerprint density at radius 2 is 1.72 bits per heavy atom. The highest BCUT2D eigenvalue weighted by Gasteiger charge is 2.17. The smallest absolute Gasteiger partial charge is 0.340 e. The van der Waals surface area contributed by atoms with E-state index in [1.807, 2.05) is 0 Å². The molecule has 7 nitrogen and oxygen atoms in total. The van der Waals surface area contributed by atoms with Crippen molar-refractivity contribution in [3.8, 4) is 0 Å². The third kappa shape index (κ3) is 5.03. The molecule has 0 aliphatic carbocycles. The molecule has 0 unspecified atom stereocenters. The number of para-hydroxylation sites is 1. The second-order valence-corrected chi connectivity index (χ2v) is 6.42. The van der Waals surface area contributed by atoms with Gasteiger partial charge in [-0.05, 0) is 48.9 Å². The number of amides is 2. The lowest BCUT2D eigenvalue weighted by molar-refractivity contribution is -0.119. The topological polar surface area (TPSA) is 97.6 Å². The number of hydrogen-bond donors (Lipinski definition) is 2. The Labute approximate surface area is 171 Å².